The molecule has 2 heterocycles. The number of anilines is 1. The molecule has 1 N–H and O–H groups in total. The molecule has 2 aromatic rings. The van der Waals surface area contributed by atoms with E-state index >= 15 is 0 Å². The highest BCUT2D eigenvalue weighted by molar-refractivity contribution is 6.30. The molecule has 2 fully saturated rings. The van der Waals surface area contributed by atoms with E-state index in [9.17, 15) is 9.18 Å². The molecule has 0 saturated carbocycles. The van der Waals surface area contributed by atoms with E-state index in [1.54, 1.807) is 24.3 Å². The summed E-state index contributed by atoms with van der Waals surface area (Å²) in [6.45, 7) is 0. The molecule has 29 heavy (non-hydrogen) atoms. The largest absolute Gasteiger partial charge is 1.00 e. The van der Waals surface area contributed by atoms with Gasteiger partial charge in [-0.25, -0.2) is 9.18 Å². The van der Waals surface area contributed by atoms with Gasteiger partial charge in [-0.15, -0.1) is 0 Å². The summed E-state index contributed by atoms with van der Waals surface area (Å²) >= 11 is 6.07. The minimum atomic E-state index is -0.494. The second kappa shape index (κ2) is 8.62. The van der Waals surface area contributed by atoms with E-state index in [1.165, 1.54) is 25.0 Å². The zero-order valence-corrected chi connectivity index (χ0v) is 18.8. The first kappa shape index (κ1) is 22.1. The Hall–Kier alpha value is -1.63. The van der Waals surface area contributed by atoms with Crippen LogP contribution in [-0.4, -0.2) is 42.9 Å². The van der Waals surface area contributed by atoms with Crippen LogP contribution in [0.4, 0.5) is 14.9 Å². The van der Waals surface area contributed by atoms with Crippen LogP contribution in [-0.2, 0) is 4.74 Å². The Morgan fingerprint density at radius 2 is 1.83 bits per heavy atom. The average Bonchev–Trinajstić information content (AvgIpc) is 2.81. The number of carbonyl (C=O) groups is 1. The summed E-state index contributed by atoms with van der Waals surface area (Å²) < 4.78 is 20.6. The highest BCUT2D eigenvalue weighted by Gasteiger charge is 2.49. The maximum Gasteiger partial charge on any atom is 0.411 e. The number of nitrogens with zero attached hydrogens (tertiary/aromatic N) is 1. The van der Waals surface area contributed by atoms with E-state index in [0.717, 1.165) is 22.9 Å². The quantitative estimate of drug-likeness (QED) is 0.681. The lowest BCUT2D eigenvalue weighted by atomic mass is 9.98. The molecule has 0 radical (unpaired) electrons. The second-order valence-electron chi connectivity index (χ2n) is 8.34. The minimum absolute atomic E-state index is 0. The summed E-state index contributed by atoms with van der Waals surface area (Å²) in [6, 6.07) is 12.5. The van der Waals surface area contributed by atoms with E-state index < -0.39 is 6.09 Å². The smallest absolute Gasteiger partial charge is 0.411 e. The normalized spacial score (nSPS) is 24.5. The number of amides is 1. The molecule has 2 saturated heterocycles. The lowest BCUT2D eigenvalue weighted by molar-refractivity contribution is -0.931. The third kappa shape index (κ3) is 4.60. The molecule has 3 atom stereocenters. The predicted molar refractivity (Wildman–Crippen MR) is 109 cm³/mol. The van der Waals surface area contributed by atoms with Gasteiger partial charge < -0.3 is 26.2 Å². The van der Waals surface area contributed by atoms with Crippen LogP contribution >= 0.6 is 11.6 Å². The van der Waals surface area contributed by atoms with E-state index in [0.29, 0.717) is 28.4 Å². The van der Waals surface area contributed by atoms with Crippen molar-refractivity contribution in [3.8, 4) is 11.1 Å². The molecule has 7 heteroatoms. The van der Waals surface area contributed by atoms with Gasteiger partial charge in [-0.3, -0.25) is 5.32 Å². The first-order valence-electron chi connectivity index (χ1n) is 9.69. The van der Waals surface area contributed by atoms with Crippen molar-refractivity contribution in [2.24, 2.45) is 0 Å². The molecule has 0 aliphatic carbocycles. The molecule has 4 rings (SSSR count). The van der Waals surface area contributed by atoms with Crippen LogP contribution in [0.3, 0.4) is 0 Å². The van der Waals surface area contributed by atoms with Crippen LogP contribution in [0.2, 0.25) is 5.02 Å². The Bertz CT molecular complexity index is 892. The van der Waals surface area contributed by atoms with E-state index in [-0.39, 0.29) is 28.9 Å². The standard InChI is InChI=1S/C22H24ClFN2O2.BrH/c1-26(2)17-7-8-18(26)13-19(12-17)28-22(27)25-21-9-6-16(24)11-20(21)14-4-3-5-15(23)10-14;/h3-6,9-11,17-19H,7-8,12-13H2,1-2H3;1H/t17-,18+,19+;. The fourth-order valence-corrected chi connectivity index (χ4v) is 4.93. The van der Waals surface area contributed by atoms with Crippen molar-refractivity contribution in [1.82, 2.24) is 0 Å². The van der Waals surface area contributed by atoms with Crippen molar-refractivity contribution in [2.75, 3.05) is 19.4 Å². The lowest BCUT2D eigenvalue weighted by Crippen LogP contribution is -3.00. The number of benzene rings is 2. The zero-order chi connectivity index (χ0) is 19.9. The number of hydrogen-bond donors (Lipinski definition) is 1. The molecule has 1 amide bonds. The Morgan fingerprint density at radius 1 is 1.14 bits per heavy atom. The number of rotatable bonds is 3. The highest BCUT2D eigenvalue weighted by Crippen LogP contribution is 2.40. The summed E-state index contributed by atoms with van der Waals surface area (Å²) in [5, 5.41) is 3.35. The third-order valence-corrected chi connectivity index (χ3v) is 6.65. The van der Waals surface area contributed by atoms with Crippen LogP contribution < -0.4 is 22.3 Å². The van der Waals surface area contributed by atoms with E-state index in [4.69, 9.17) is 16.3 Å². The molecule has 2 aliphatic rings. The van der Waals surface area contributed by atoms with Crippen LogP contribution in [0.5, 0.6) is 0 Å². The molecule has 2 aromatic carbocycles. The van der Waals surface area contributed by atoms with Crippen molar-refractivity contribution in [3.63, 3.8) is 0 Å². The molecular weight excluding hydrogens is 459 g/mol. The Morgan fingerprint density at radius 3 is 2.48 bits per heavy atom. The SMILES string of the molecule is C[N+]1(C)[C@@H]2CC[C@H]1C[C@@H](OC(=O)Nc1ccc(F)cc1-c1cccc(Cl)c1)C2.[Br-]. The van der Waals surface area contributed by atoms with Gasteiger partial charge in [-0.2, -0.15) is 0 Å². The van der Waals surface area contributed by atoms with Gasteiger partial charge in [0.15, 0.2) is 0 Å². The van der Waals surface area contributed by atoms with E-state index in [2.05, 4.69) is 19.4 Å². The number of carbonyl (C=O) groups excluding carboxylic acids is 1. The average molecular weight is 484 g/mol. The molecule has 0 unspecified atom stereocenters. The van der Waals surface area contributed by atoms with Crippen molar-refractivity contribution in [2.45, 2.75) is 43.9 Å². The maximum absolute atomic E-state index is 13.8. The summed E-state index contributed by atoms with van der Waals surface area (Å²) in [7, 11) is 4.54. The molecular formula is C22H25BrClFN2O2. The van der Waals surface area contributed by atoms with Gasteiger partial charge in [0.25, 0.3) is 0 Å². The number of nitrogens with one attached hydrogen (secondary N) is 1. The first-order chi connectivity index (χ1) is 13.3. The Kier molecular flexibility index (Phi) is 6.56. The first-order valence-corrected chi connectivity index (χ1v) is 10.1. The van der Waals surface area contributed by atoms with Crippen LogP contribution in [0, 0.1) is 5.82 Å². The van der Waals surface area contributed by atoms with Crippen molar-refractivity contribution in [1.29, 1.82) is 0 Å². The fraction of sp³-hybridized carbons (Fsp3) is 0.409. The zero-order valence-electron chi connectivity index (χ0n) is 16.5. The number of ether oxygens (including phenoxy) is 1. The summed E-state index contributed by atoms with van der Waals surface area (Å²) in [6.07, 6.45) is 3.60. The monoisotopic (exact) mass is 482 g/mol. The number of hydrogen-bond acceptors (Lipinski definition) is 2. The number of quaternary nitrogens is 1. The van der Waals surface area contributed by atoms with Gasteiger partial charge in [0, 0.05) is 36.3 Å². The Labute approximate surface area is 186 Å². The molecule has 2 bridgehead atoms. The van der Waals surface area contributed by atoms with Crippen LogP contribution in [0.15, 0.2) is 42.5 Å². The van der Waals surface area contributed by atoms with Gasteiger partial charge in [0.1, 0.15) is 11.9 Å². The van der Waals surface area contributed by atoms with Gasteiger partial charge in [0.2, 0.25) is 0 Å². The van der Waals surface area contributed by atoms with Crippen LogP contribution in [0.25, 0.3) is 11.1 Å². The molecule has 0 spiro atoms. The van der Waals surface area contributed by atoms with Crippen molar-refractivity contribution in [3.05, 3.63) is 53.3 Å². The summed E-state index contributed by atoms with van der Waals surface area (Å²) in [5.74, 6) is -0.377. The topological polar surface area (TPSA) is 38.3 Å². The fourth-order valence-electron chi connectivity index (χ4n) is 4.74. The summed E-state index contributed by atoms with van der Waals surface area (Å²) in [5.41, 5.74) is 1.81. The predicted octanol–water partition coefficient (Wildman–Crippen LogP) is 2.47. The van der Waals surface area contributed by atoms with Crippen molar-refractivity contribution < 1.29 is 35.4 Å². The maximum atomic E-state index is 13.8. The highest BCUT2D eigenvalue weighted by atomic mass is 79.9. The number of piperidine rings is 1. The number of halogens is 3. The summed E-state index contributed by atoms with van der Waals surface area (Å²) in [4.78, 5) is 12.6. The molecule has 4 nitrogen and oxygen atoms in total. The van der Waals surface area contributed by atoms with Crippen molar-refractivity contribution >= 4 is 23.4 Å². The minimum Gasteiger partial charge on any atom is -1.00 e. The lowest BCUT2D eigenvalue weighted by Gasteiger charge is -2.43. The molecule has 2 aliphatic heterocycles. The van der Waals surface area contributed by atoms with Gasteiger partial charge in [0.05, 0.1) is 31.9 Å². The number of fused-ring (bicyclic) bond motifs is 2. The van der Waals surface area contributed by atoms with Gasteiger partial charge in [-0.05, 0) is 35.9 Å². The van der Waals surface area contributed by atoms with Crippen LogP contribution in [0.1, 0.15) is 25.7 Å². The van der Waals surface area contributed by atoms with Gasteiger partial charge >= 0.3 is 6.09 Å². The molecule has 0 aromatic heterocycles. The third-order valence-electron chi connectivity index (χ3n) is 6.41. The molecule has 156 valence electrons. The Balaban J connectivity index is 0.00000240. The van der Waals surface area contributed by atoms with E-state index in [1.807, 2.05) is 6.07 Å². The second-order valence-corrected chi connectivity index (χ2v) is 8.77. The van der Waals surface area contributed by atoms with Gasteiger partial charge in [-0.1, -0.05) is 23.7 Å².